The third-order valence-electron chi connectivity index (χ3n) is 4.64. The van der Waals surface area contributed by atoms with Gasteiger partial charge >= 0.3 is 5.97 Å². The molecule has 0 aromatic heterocycles. The van der Waals surface area contributed by atoms with E-state index in [-0.39, 0.29) is 17.5 Å². The highest BCUT2D eigenvalue weighted by atomic mass is 19.1. The predicted molar refractivity (Wildman–Crippen MR) is 96.3 cm³/mol. The highest BCUT2D eigenvalue weighted by molar-refractivity contribution is 5.91. The largest absolute Gasteiger partial charge is 0.452 e. The van der Waals surface area contributed by atoms with E-state index in [0.29, 0.717) is 0 Å². The summed E-state index contributed by atoms with van der Waals surface area (Å²) in [6.45, 7) is 1.50. The molecule has 0 radical (unpaired) electrons. The maximum atomic E-state index is 13.1. The van der Waals surface area contributed by atoms with Crippen molar-refractivity contribution < 1.29 is 18.7 Å². The van der Waals surface area contributed by atoms with E-state index in [2.05, 4.69) is 17.4 Å². The Morgan fingerprint density at radius 1 is 1.12 bits per heavy atom. The number of carbonyl (C=O) groups excluding carboxylic acids is 2. The molecule has 0 heterocycles. The van der Waals surface area contributed by atoms with E-state index in [9.17, 15) is 14.0 Å². The topological polar surface area (TPSA) is 55.4 Å². The molecule has 26 heavy (non-hydrogen) atoms. The second-order valence-corrected chi connectivity index (χ2v) is 6.61. The van der Waals surface area contributed by atoms with E-state index in [1.807, 2.05) is 13.0 Å². The fraction of sp³-hybridized carbons (Fsp3) is 0.333. The smallest absolute Gasteiger partial charge is 0.338 e. The normalized spacial score (nSPS) is 14.2. The van der Waals surface area contributed by atoms with Gasteiger partial charge in [0.2, 0.25) is 0 Å². The molecule has 2 aromatic carbocycles. The van der Waals surface area contributed by atoms with E-state index in [1.165, 1.54) is 42.2 Å². The number of aryl methyl sites for hydroxylation is 2. The average molecular weight is 355 g/mol. The Labute approximate surface area is 152 Å². The van der Waals surface area contributed by atoms with Crippen LogP contribution in [0, 0.1) is 5.82 Å². The van der Waals surface area contributed by atoms with Crippen molar-refractivity contribution >= 4 is 11.9 Å². The molecule has 0 saturated carbocycles. The molecule has 1 aliphatic rings. The van der Waals surface area contributed by atoms with E-state index in [1.54, 1.807) is 0 Å². The van der Waals surface area contributed by atoms with Crippen LogP contribution in [0.2, 0.25) is 0 Å². The minimum atomic E-state index is -0.721. The second-order valence-electron chi connectivity index (χ2n) is 6.61. The number of nitrogens with one attached hydrogen (secondary N) is 1. The summed E-state index contributed by atoms with van der Waals surface area (Å²) in [5.41, 5.74) is 3.87. The van der Waals surface area contributed by atoms with Gasteiger partial charge in [0.1, 0.15) is 5.82 Å². The lowest BCUT2D eigenvalue weighted by atomic mass is 9.89. The monoisotopic (exact) mass is 355 g/mol. The molecule has 3 rings (SSSR count). The van der Waals surface area contributed by atoms with Crippen LogP contribution in [0.25, 0.3) is 0 Å². The van der Waals surface area contributed by atoms with Gasteiger partial charge in [-0.05, 0) is 67.5 Å². The summed E-state index contributed by atoms with van der Waals surface area (Å²) >= 11 is 0. The van der Waals surface area contributed by atoms with Crippen molar-refractivity contribution in [3.8, 4) is 0 Å². The highest BCUT2D eigenvalue weighted by Crippen LogP contribution is 2.24. The maximum absolute atomic E-state index is 13.1. The standard InChI is InChI=1S/C21H22FNO3/c1-14(16-10-9-15-5-2-3-6-17(15)11-16)23-20(24)13-26-21(25)18-7-4-8-19(22)12-18/h4,7-12,14H,2-3,5-6,13H2,1H3,(H,23,24)/t14-/m0/s1. The Kier molecular flexibility index (Phi) is 5.66. The SMILES string of the molecule is C[C@H](NC(=O)COC(=O)c1cccc(F)c1)c1ccc2c(c1)CCCC2. The Balaban J connectivity index is 1.53. The van der Waals surface area contributed by atoms with Crippen LogP contribution in [0.5, 0.6) is 0 Å². The molecule has 1 N–H and O–H groups in total. The van der Waals surface area contributed by atoms with Crippen LogP contribution in [-0.2, 0) is 22.4 Å². The van der Waals surface area contributed by atoms with Crippen molar-refractivity contribution in [2.75, 3.05) is 6.61 Å². The summed E-state index contributed by atoms with van der Waals surface area (Å²) < 4.78 is 18.1. The fourth-order valence-corrected chi connectivity index (χ4v) is 3.22. The molecule has 4 nitrogen and oxygen atoms in total. The Morgan fingerprint density at radius 2 is 1.88 bits per heavy atom. The zero-order valence-corrected chi connectivity index (χ0v) is 14.8. The summed E-state index contributed by atoms with van der Waals surface area (Å²) in [6, 6.07) is 11.3. The van der Waals surface area contributed by atoms with Crippen molar-refractivity contribution in [2.45, 2.75) is 38.6 Å². The second kappa shape index (κ2) is 8.13. The lowest BCUT2D eigenvalue weighted by Crippen LogP contribution is -2.31. The zero-order valence-electron chi connectivity index (χ0n) is 14.8. The van der Waals surface area contributed by atoms with Crippen molar-refractivity contribution in [1.82, 2.24) is 5.32 Å². The predicted octanol–water partition coefficient (Wildman–Crippen LogP) is 3.74. The van der Waals surface area contributed by atoms with E-state index < -0.39 is 18.4 Å². The van der Waals surface area contributed by atoms with Crippen molar-refractivity contribution in [2.24, 2.45) is 0 Å². The van der Waals surface area contributed by atoms with Crippen LogP contribution in [0.4, 0.5) is 4.39 Å². The molecule has 136 valence electrons. The van der Waals surface area contributed by atoms with Gasteiger partial charge in [-0.25, -0.2) is 9.18 Å². The zero-order chi connectivity index (χ0) is 18.5. The molecule has 2 aromatic rings. The van der Waals surface area contributed by atoms with Crippen molar-refractivity contribution in [3.05, 3.63) is 70.5 Å². The molecule has 1 atom stereocenters. The van der Waals surface area contributed by atoms with Crippen molar-refractivity contribution in [3.63, 3.8) is 0 Å². The first-order valence-electron chi connectivity index (χ1n) is 8.86. The number of halogens is 1. The first-order chi connectivity index (χ1) is 12.5. The van der Waals surface area contributed by atoms with Gasteiger partial charge in [-0.1, -0.05) is 24.3 Å². The first-order valence-corrected chi connectivity index (χ1v) is 8.86. The van der Waals surface area contributed by atoms with Crippen LogP contribution in [-0.4, -0.2) is 18.5 Å². The van der Waals surface area contributed by atoms with E-state index in [4.69, 9.17) is 4.74 Å². The first kappa shape index (κ1) is 18.1. The molecule has 0 spiro atoms. The Hall–Kier alpha value is -2.69. The van der Waals surface area contributed by atoms with E-state index >= 15 is 0 Å². The van der Waals surface area contributed by atoms with Gasteiger partial charge in [0.25, 0.3) is 5.91 Å². The third-order valence-corrected chi connectivity index (χ3v) is 4.64. The van der Waals surface area contributed by atoms with Crippen LogP contribution >= 0.6 is 0 Å². The van der Waals surface area contributed by atoms with Gasteiger partial charge in [0.15, 0.2) is 6.61 Å². The third kappa shape index (κ3) is 4.48. The van der Waals surface area contributed by atoms with Gasteiger partial charge in [0.05, 0.1) is 11.6 Å². The molecule has 1 amide bonds. The van der Waals surface area contributed by atoms with Gasteiger partial charge in [-0.15, -0.1) is 0 Å². The Bertz CT molecular complexity index is 819. The number of amides is 1. The number of hydrogen-bond donors (Lipinski definition) is 1. The van der Waals surface area contributed by atoms with Gasteiger partial charge in [-0.2, -0.15) is 0 Å². The number of carbonyl (C=O) groups is 2. The fourth-order valence-electron chi connectivity index (χ4n) is 3.22. The number of benzene rings is 2. The number of ether oxygens (including phenoxy) is 1. The lowest BCUT2D eigenvalue weighted by molar-refractivity contribution is -0.124. The Morgan fingerprint density at radius 3 is 2.65 bits per heavy atom. The highest BCUT2D eigenvalue weighted by Gasteiger charge is 2.16. The molecule has 5 heteroatoms. The molecular weight excluding hydrogens is 333 g/mol. The van der Waals surface area contributed by atoms with Gasteiger partial charge in [0, 0.05) is 0 Å². The minimum Gasteiger partial charge on any atom is -0.452 e. The summed E-state index contributed by atoms with van der Waals surface area (Å²) in [5.74, 6) is -1.63. The molecule has 0 fully saturated rings. The van der Waals surface area contributed by atoms with Crippen LogP contribution in [0.3, 0.4) is 0 Å². The number of hydrogen-bond acceptors (Lipinski definition) is 3. The molecule has 0 unspecified atom stereocenters. The molecular formula is C21H22FNO3. The lowest BCUT2D eigenvalue weighted by Gasteiger charge is -2.20. The van der Waals surface area contributed by atoms with Crippen LogP contribution < -0.4 is 5.32 Å². The molecule has 0 bridgehead atoms. The quantitative estimate of drug-likeness (QED) is 0.832. The number of rotatable bonds is 5. The summed E-state index contributed by atoms with van der Waals surface area (Å²) in [4.78, 5) is 23.9. The minimum absolute atomic E-state index is 0.0838. The summed E-state index contributed by atoms with van der Waals surface area (Å²) in [5, 5.41) is 2.83. The van der Waals surface area contributed by atoms with E-state index in [0.717, 1.165) is 24.5 Å². The number of esters is 1. The summed E-state index contributed by atoms with van der Waals surface area (Å²) in [7, 11) is 0. The van der Waals surface area contributed by atoms with Crippen LogP contribution in [0.15, 0.2) is 42.5 Å². The van der Waals surface area contributed by atoms with Gasteiger partial charge in [-0.3, -0.25) is 4.79 Å². The van der Waals surface area contributed by atoms with Gasteiger partial charge < -0.3 is 10.1 Å². The van der Waals surface area contributed by atoms with Crippen LogP contribution in [0.1, 0.15) is 52.9 Å². The van der Waals surface area contributed by atoms with Crippen molar-refractivity contribution in [1.29, 1.82) is 0 Å². The maximum Gasteiger partial charge on any atom is 0.338 e. The summed E-state index contributed by atoms with van der Waals surface area (Å²) in [6.07, 6.45) is 4.63. The number of fused-ring (bicyclic) bond motifs is 1. The molecule has 0 aliphatic heterocycles. The molecule has 1 aliphatic carbocycles. The average Bonchev–Trinajstić information content (AvgIpc) is 2.65. The molecule has 0 saturated heterocycles.